The second kappa shape index (κ2) is 4.64. The van der Waals surface area contributed by atoms with E-state index in [1.54, 1.807) is 0 Å². The summed E-state index contributed by atoms with van der Waals surface area (Å²) >= 11 is 0. The normalized spacial score (nSPS) is 48.1. The predicted molar refractivity (Wildman–Crippen MR) is 87.0 cm³/mol. The van der Waals surface area contributed by atoms with Crippen molar-refractivity contribution in [1.82, 2.24) is 0 Å². The van der Waals surface area contributed by atoms with E-state index in [9.17, 15) is 14.7 Å². The van der Waals surface area contributed by atoms with Gasteiger partial charge in [-0.05, 0) is 48.0 Å². The van der Waals surface area contributed by atoms with Gasteiger partial charge in [0.25, 0.3) is 0 Å². The zero-order valence-corrected chi connectivity index (χ0v) is 14.3. The summed E-state index contributed by atoms with van der Waals surface area (Å²) in [6.07, 6.45) is 1.32. The highest BCUT2D eigenvalue weighted by molar-refractivity contribution is 5.89. The van der Waals surface area contributed by atoms with Crippen molar-refractivity contribution in [1.29, 1.82) is 0 Å². The molecule has 1 N–H and O–H groups in total. The minimum atomic E-state index is -0.908. The highest BCUT2D eigenvalue weighted by Crippen LogP contribution is 2.85. The third-order valence-electron chi connectivity index (χ3n) is 7.85. The molecule has 6 bridgehead atoms. The molecule has 5 fully saturated rings. The van der Waals surface area contributed by atoms with Crippen LogP contribution in [0.15, 0.2) is 30.3 Å². The van der Waals surface area contributed by atoms with Gasteiger partial charge in [0.1, 0.15) is 0 Å². The molecule has 0 spiro atoms. The van der Waals surface area contributed by atoms with Crippen LogP contribution in [0.4, 0.5) is 0 Å². The second-order valence-corrected chi connectivity index (χ2v) is 8.14. The zero-order valence-electron chi connectivity index (χ0n) is 14.3. The predicted octanol–water partition coefficient (Wildman–Crippen LogP) is 1.74. The van der Waals surface area contributed by atoms with Crippen molar-refractivity contribution >= 4 is 11.9 Å². The number of carbonyl (C=O) groups is 2. The molecule has 0 amide bonds. The van der Waals surface area contributed by atoms with Crippen LogP contribution in [0.2, 0.25) is 0 Å². The minimum Gasteiger partial charge on any atom is -0.469 e. The number of benzene rings is 1. The van der Waals surface area contributed by atoms with Gasteiger partial charge in [0.2, 0.25) is 0 Å². The van der Waals surface area contributed by atoms with Crippen molar-refractivity contribution in [2.45, 2.75) is 18.4 Å². The molecule has 0 saturated heterocycles. The fourth-order valence-electron chi connectivity index (χ4n) is 7.51. The monoisotopic (exact) mass is 342 g/mol. The smallest absolute Gasteiger partial charge is 0.313 e. The number of ether oxygens (including phenoxy) is 2. The summed E-state index contributed by atoms with van der Waals surface area (Å²) in [5.41, 5.74) is -0.787. The number of carbonyl (C=O) groups excluding carboxylic acids is 2. The Hall–Kier alpha value is -1.88. The Bertz CT molecular complexity index is 757. The van der Waals surface area contributed by atoms with Crippen LogP contribution < -0.4 is 0 Å². The fourth-order valence-corrected chi connectivity index (χ4v) is 7.51. The molecule has 8 atom stereocenters. The molecule has 5 heteroatoms. The lowest BCUT2D eigenvalue weighted by atomic mass is 9.59. The minimum absolute atomic E-state index is 0.0111. The molecule has 5 nitrogen and oxygen atoms in total. The quantitative estimate of drug-likeness (QED) is 0.847. The molecule has 1 aromatic carbocycles. The zero-order chi connectivity index (χ0) is 17.6. The molecule has 1 aromatic rings. The lowest BCUT2D eigenvalue weighted by Gasteiger charge is -2.46. The summed E-state index contributed by atoms with van der Waals surface area (Å²) in [7, 11) is 2.78. The van der Waals surface area contributed by atoms with Gasteiger partial charge in [-0.15, -0.1) is 0 Å². The molecular formula is C20H22O5. The van der Waals surface area contributed by atoms with Crippen molar-refractivity contribution in [3.63, 3.8) is 0 Å². The molecule has 0 heterocycles. The third-order valence-corrected chi connectivity index (χ3v) is 7.85. The van der Waals surface area contributed by atoms with Crippen LogP contribution in [0.25, 0.3) is 0 Å². The Morgan fingerprint density at radius 3 is 2.44 bits per heavy atom. The van der Waals surface area contributed by atoms with E-state index in [1.807, 2.05) is 30.3 Å². The van der Waals surface area contributed by atoms with Crippen LogP contribution in [-0.2, 0) is 24.7 Å². The van der Waals surface area contributed by atoms with Crippen LogP contribution in [0, 0.1) is 40.9 Å². The topological polar surface area (TPSA) is 72.8 Å². The summed E-state index contributed by atoms with van der Waals surface area (Å²) < 4.78 is 10.2. The van der Waals surface area contributed by atoms with E-state index < -0.39 is 16.9 Å². The molecule has 0 aromatic heterocycles. The summed E-state index contributed by atoms with van der Waals surface area (Å²) in [5, 5.41) is 11.6. The van der Waals surface area contributed by atoms with Gasteiger partial charge in [-0.2, -0.15) is 0 Å². The molecule has 5 aliphatic carbocycles. The average Bonchev–Trinajstić information content (AvgIpc) is 3.38. The largest absolute Gasteiger partial charge is 0.469 e. The van der Waals surface area contributed by atoms with E-state index in [-0.39, 0.29) is 41.5 Å². The van der Waals surface area contributed by atoms with Gasteiger partial charge in [0.05, 0.1) is 31.2 Å². The first kappa shape index (κ1) is 15.4. The van der Waals surface area contributed by atoms with Crippen molar-refractivity contribution in [3.05, 3.63) is 35.9 Å². The first-order valence-corrected chi connectivity index (χ1v) is 8.96. The summed E-state index contributed by atoms with van der Waals surface area (Å²) in [6, 6.07) is 9.75. The van der Waals surface area contributed by atoms with Gasteiger partial charge in [-0.25, -0.2) is 0 Å². The van der Waals surface area contributed by atoms with E-state index >= 15 is 0 Å². The van der Waals surface area contributed by atoms with E-state index in [0.29, 0.717) is 6.42 Å². The number of methoxy groups -OCH3 is 2. The van der Waals surface area contributed by atoms with Gasteiger partial charge in [-0.3, -0.25) is 9.59 Å². The molecule has 5 aliphatic rings. The SMILES string of the molecule is COC(=O)[C@H]1[C@@H]2C[C@H]3[C@H]4[C@@H]2[C@H](C[C@]4(O)c2ccccc2)[C@]31C(=O)OC. The Labute approximate surface area is 146 Å². The van der Waals surface area contributed by atoms with Crippen molar-refractivity contribution in [2.24, 2.45) is 40.9 Å². The maximum absolute atomic E-state index is 12.9. The molecule has 0 unspecified atom stereocenters. The van der Waals surface area contributed by atoms with E-state index in [2.05, 4.69) is 0 Å². The van der Waals surface area contributed by atoms with Crippen LogP contribution >= 0.6 is 0 Å². The highest BCUT2D eigenvalue weighted by Gasteiger charge is 2.88. The summed E-state index contributed by atoms with van der Waals surface area (Å²) in [4.78, 5) is 25.4. The maximum Gasteiger partial charge on any atom is 0.313 e. The number of hydrogen-bond donors (Lipinski definition) is 1. The van der Waals surface area contributed by atoms with Crippen molar-refractivity contribution in [2.75, 3.05) is 14.2 Å². The van der Waals surface area contributed by atoms with Gasteiger partial charge in [0.15, 0.2) is 0 Å². The van der Waals surface area contributed by atoms with Crippen molar-refractivity contribution < 1.29 is 24.2 Å². The van der Waals surface area contributed by atoms with Crippen LogP contribution in [-0.4, -0.2) is 31.3 Å². The summed E-state index contributed by atoms with van der Waals surface area (Å²) in [5.74, 6) is -0.699. The molecule has 132 valence electrons. The van der Waals surface area contributed by atoms with E-state index in [1.165, 1.54) is 14.2 Å². The van der Waals surface area contributed by atoms with Crippen molar-refractivity contribution in [3.8, 4) is 0 Å². The van der Waals surface area contributed by atoms with Crippen LogP contribution in [0.3, 0.4) is 0 Å². The molecule has 25 heavy (non-hydrogen) atoms. The lowest BCUT2D eigenvalue weighted by molar-refractivity contribution is -0.178. The van der Waals surface area contributed by atoms with Crippen LogP contribution in [0.1, 0.15) is 18.4 Å². The molecular weight excluding hydrogens is 320 g/mol. The Morgan fingerprint density at radius 2 is 1.84 bits per heavy atom. The second-order valence-electron chi connectivity index (χ2n) is 8.14. The highest BCUT2D eigenvalue weighted by atomic mass is 16.5. The van der Waals surface area contributed by atoms with Gasteiger partial charge in [-0.1, -0.05) is 30.3 Å². The first-order chi connectivity index (χ1) is 12.0. The lowest BCUT2D eigenvalue weighted by Crippen LogP contribution is -2.53. The molecule has 0 radical (unpaired) electrons. The molecule has 5 saturated carbocycles. The summed E-state index contributed by atoms with van der Waals surface area (Å²) in [6.45, 7) is 0. The fraction of sp³-hybridized carbons (Fsp3) is 0.600. The van der Waals surface area contributed by atoms with Gasteiger partial charge < -0.3 is 14.6 Å². The average molecular weight is 342 g/mol. The molecule has 0 aliphatic heterocycles. The van der Waals surface area contributed by atoms with Gasteiger partial charge >= 0.3 is 11.9 Å². The number of aliphatic hydroxyl groups is 1. The molecule has 6 rings (SSSR count). The number of rotatable bonds is 3. The third kappa shape index (κ3) is 1.43. The maximum atomic E-state index is 12.9. The first-order valence-electron chi connectivity index (χ1n) is 8.96. The Balaban J connectivity index is 1.62. The van der Waals surface area contributed by atoms with Crippen LogP contribution in [0.5, 0.6) is 0 Å². The standard InChI is InChI=1S/C20H22O5/c1-24-17(21)15-11-8-12-16-14(11)13(20(12,15)18(22)25-2)9-19(16,23)10-6-4-3-5-7-10/h3-7,11-16,23H,8-9H2,1-2H3/t11-,12+,13+,14+,15-,16+,19+,20-/m1/s1. The van der Waals surface area contributed by atoms with E-state index in [4.69, 9.17) is 9.47 Å². The van der Waals surface area contributed by atoms with E-state index in [0.717, 1.165) is 12.0 Å². The Morgan fingerprint density at radius 1 is 1.12 bits per heavy atom. The van der Waals surface area contributed by atoms with Gasteiger partial charge in [0, 0.05) is 0 Å². The number of esters is 2. The number of hydrogen-bond acceptors (Lipinski definition) is 5. The Kier molecular flexibility index (Phi) is 2.85.